The third kappa shape index (κ3) is 4.43. The van der Waals surface area contributed by atoms with Crippen LogP contribution < -0.4 is 0 Å². The molecule has 0 N–H and O–H groups in total. The number of rotatable bonds is 4. The van der Waals surface area contributed by atoms with Crippen molar-refractivity contribution in [2.24, 2.45) is 0 Å². The molecule has 0 radical (unpaired) electrons. The Morgan fingerprint density at radius 3 is 1.31 bits per heavy atom. The van der Waals surface area contributed by atoms with Crippen molar-refractivity contribution in [2.45, 2.75) is 0 Å². The highest BCUT2D eigenvalue weighted by Crippen LogP contribution is 2.44. The van der Waals surface area contributed by atoms with Gasteiger partial charge in [0.2, 0.25) is 0 Å². The molecule has 240 valence electrons. The average Bonchev–Trinajstić information content (AvgIpc) is 3.22. The number of aromatic nitrogens is 3. The molecule has 3 aromatic heterocycles. The van der Waals surface area contributed by atoms with Crippen LogP contribution in [0.2, 0.25) is 0 Å². The molecule has 0 saturated carbocycles. The van der Waals surface area contributed by atoms with Crippen molar-refractivity contribution in [1.82, 2.24) is 15.0 Å². The summed E-state index contributed by atoms with van der Waals surface area (Å²) in [5.74, 6) is 0. The van der Waals surface area contributed by atoms with E-state index in [1.807, 2.05) is 36.8 Å². The second-order valence-corrected chi connectivity index (χ2v) is 13.6. The van der Waals surface area contributed by atoms with Crippen LogP contribution in [-0.2, 0) is 0 Å². The van der Waals surface area contributed by atoms with Gasteiger partial charge in [-0.15, -0.1) is 0 Å². The highest BCUT2D eigenvalue weighted by Gasteiger charge is 2.17. The van der Waals surface area contributed by atoms with Crippen molar-refractivity contribution in [3.63, 3.8) is 0 Å². The van der Waals surface area contributed by atoms with Crippen LogP contribution in [0.3, 0.4) is 0 Å². The lowest BCUT2D eigenvalue weighted by atomic mass is 9.85. The normalized spacial score (nSPS) is 11.8. The molecule has 0 amide bonds. The zero-order valence-corrected chi connectivity index (χ0v) is 28.1. The standard InChI is InChI=1S/C49H29N3/c1-7-37(41-9-4-24-50-45(41)11-1)34-26-35(38-8-2-12-46-42(38)10-5-25-51-46)28-36(27-34)40-20-16-32-17-21-43-39(19-15-31-18-22-44(40)49(32)48(31)43)33-14-13-30-6-3-23-52-47(30)29-33/h1-29H. The van der Waals surface area contributed by atoms with Crippen molar-refractivity contribution in [2.75, 3.05) is 0 Å². The van der Waals surface area contributed by atoms with Crippen LogP contribution in [0.25, 0.3) is 110 Å². The van der Waals surface area contributed by atoms with Gasteiger partial charge < -0.3 is 0 Å². The number of hydrogen-bond donors (Lipinski definition) is 0. The molecule has 11 aromatic rings. The highest BCUT2D eigenvalue weighted by atomic mass is 14.7. The van der Waals surface area contributed by atoms with Crippen LogP contribution in [0.15, 0.2) is 176 Å². The van der Waals surface area contributed by atoms with E-state index in [1.54, 1.807) is 0 Å². The molecule has 0 aliphatic rings. The van der Waals surface area contributed by atoms with Crippen molar-refractivity contribution < 1.29 is 0 Å². The first kappa shape index (κ1) is 28.8. The Morgan fingerprint density at radius 1 is 0.269 bits per heavy atom. The van der Waals surface area contributed by atoms with Crippen molar-refractivity contribution >= 4 is 65.0 Å². The van der Waals surface area contributed by atoms with Gasteiger partial charge in [-0.05, 0) is 131 Å². The molecule has 3 nitrogen and oxygen atoms in total. The topological polar surface area (TPSA) is 38.7 Å². The van der Waals surface area contributed by atoms with E-state index in [0.717, 1.165) is 43.8 Å². The number of fused-ring (bicyclic) bond motifs is 3. The fraction of sp³-hybridized carbons (Fsp3) is 0. The van der Waals surface area contributed by atoms with E-state index in [0.29, 0.717) is 0 Å². The largest absolute Gasteiger partial charge is 0.256 e. The maximum Gasteiger partial charge on any atom is 0.0708 e. The first-order valence-corrected chi connectivity index (χ1v) is 17.7. The van der Waals surface area contributed by atoms with E-state index in [4.69, 9.17) is 0 Å². The fourth-order valence-electron chi connectivity index (χ4n) is 8.34. The predicted octanol–water partition coefficient (Wildman–Crippen LogP) is 12.9. The van der Waals surface area contributed by atoms with Crippen molar-refractivity contribution in [1.29, 1.82) is 0 Å². The Kier molecular flexibility index (Phi) is 6.25. The lowest BCUT2D eigenvalue weighted by molar-refractivity contribution is 1.41. The monoisotopic (exact) mass is 659 g/mol. The predicted molar refractivity (Wildman–Crippen MR) is 218 cm³/mol. The summed E-state index contributed by atoms with van der Waals surface area (Å²) in [6.07, 6.45) is 5.60. The number of benzene rings is 8. The summed E-state index contributed by atoms with van der Waals surface area (Å²) in [6.45, 7) is 0. The minimum atomic E-state index is 0.988. The summed E-state index contributed by atoms with van der Waals surface area (Å²) < 4.78 is 0. The molecule has 3 heterocycles. The number of hydrogen-bond acceptors (Lipinski definition) is 3. The van der Waals surface area contributed by atoms with Gasteiger partial charge in [-0.3, -0.25) is 15.0 Å². The average molecular weight is 660 g/mol. The number of nitrogens with zero attached hydrogens (tertiary/aromatic N) is 3. The molecule has 0 atom stereocenters. The van der Waals surface area contributed by atoms with Gasteiger partial charge in [0.15, 0.2) is 0 Å². The minimum absolute atomic E-state index is 0.988. The molecule has 0 bridgehead atoms. The summed E-state index contributed by atoms with van der Waals surface area (Å²) in [5, 5.41) is 11.0. The smallest absolute Gasteiger partial charge is 0.0708 e. The van der Waals surface area contributed by atoms with Crippen LogP contribution in [0.1, 0.15) is 0 Å². The van der Waals surface area contributed by atoms with Crippen LogP contribution in [0.4, 0.5) is 0 Å². The second-order valence-electron chi connectivity index (χ2n) is 13.6. The zero-order chi connectivity index (χ0) is 34.2. The molecule has 0 spiro atoms. The zero-order valence-electron chi connectivity index (χ0n) is 28.1. The van der Waals surface area contributed by atoms with Gasteiger partial charge in [0.1, 0.15) is 0 Å². The molecule has 0 aliphatic heterocycles. The summed E-state index contributed by atoms with van der Waals surface area (Å²) >= 11 is 0. The van der Waals surface area contributed by atoms with Crippen LogP contribution in [0, 0.1) is 0 Å². The molecule has 0 fully saturated rings. The molecule has 0 saturated heterocycles. The Hall–Kier alpha value is -6.97. The maximum atomic E-state index is 4.69. The molecule has 8 aromatic carbocycles. The van der Waals surface area contributed by atoms with Crippen molar-refractivity contribution in [3.05, 3.63) is 176 Å². The van der Waals surface area contributed by atoms with E-state index in [1.165, 1.54) is 65.7 Å². The Balaban J connectivity index is 1.18. The van der Waals surface area contributed by atoms with Crippen molar-refractivity contribution in [3.8, 4) is 44.5 Å². The summed E-state index contributed by atoms with van der Waals surface area (Å²) in [4.78, 5) is 14.0. The third-order valence-corrected chi connectivity index (χ3v) is 10.7. The summed E-state index contributed by atoms with van der Waals surface area (Å²) in [5.41, 5.74) is 12.4. The van der Waals surface area contributed by atoms with Gasteiger partial charge in [0.05, 0.1) is 16.6 Å². The Bertz CT molecular complexity index is 3090. The van der Waals surface area contributed by atoms with Gasteiger partial charge in [-0.2, -0.15) is 0 Å². The third-order valence-electron chi connectivity index (χ3n) is 10.7. The lowest BCUT2D eigenvalue weighted by Gasteiger charge is -2.18. The Morgan fingerprint density at radius 2 is 0.731 bits per heavy atom. The van der Waals surface area contributed by atoms with Gasteiger partial charge in [-0.1, -0.05) is 103 Å². The van der Waals surface area contributed by atoms with E-state index < -0.39 is 0 Å². The fourth-order valence-corrected chi connectivity index (χ4v) is 8.34. The lowest BCUT2D eigenvalue weighted by Crippen LogP contribution is -1.92. The van der Waals surface area contributed by atoms with E-state index >= 15 is 0 Å². The molecular weight excluding hydrogens is 631 g/mol. The SMILES string of the molecule is c1cnc2cc(-c3ccc4ccc5c(-c6cc(-c7cccc8ncccc78)cc(-c7cccc8ncccc78)c6)ccc6ccc3c4c65)ccc2c1. The maximum absolute atomic E-state index is 4.69. The molecule has 3 heteroatoms. The van der Waals surface area contributed by atoms with Gasteiger partial charge in [-0.25, -0.2) is 0 Å². The molecule has 0 aliphatic carbocycles. The first-order valence-electron chi connectivity index (χ1n) is 17.7. The molecule has 0 unspecified atom stereocenters. The first-order chi connectivity index (χ1) is 25.8. The van der Waals surface area contributed by atoms with Crippen LogP contribution in [-0.4, -0.2) is 15.0 Å². The Labute approximate surface area is 299 Å². The van der Waals surface area contributed by atoms with Crippen LogP contribution >= 0.6 is 0 Å². The van der Waals surface area contributed by atoms with Gasteiger partial charge in [0.25, 0.3) is 0 Å². The molecule has 52 heavy (non-hydrogen) atoms. The summed E-state index contributed by atoms with van der Waals surface area (Å²) in [6, 6.07) is 57.3. The van der Waals surface area contributed by atoms with Gasteiger partial charge in [0, 0.05) is 34.7 Å². The van der Waals surface area contributed by atoms with Crippen LogP contribution in [0.5, 0.6) is 0 Å². The highest BCUT2D eigenvalue weighted by molar-refractivity contribution is 6.27. The second kappa shape index (κ2) is 11.3. The molecule has 11 rings (SSSR count). The quantitative estimate of drug-likeness (QED) is 0.177. The molecular formula is C49H29N3. The summed E-state index contributed by atoms with van der Waals surface area (Å²) in [7, 11) is 0. The van der Waals surface area contributed by atoms with E-state index in [2.05, 4.69) is 154 Å². The number of pyridine rings is 3. The minimum Gasteiger partial charge on any atom is -0.256 e. The van der Waals surface area contributed by atoms with E-state index in [9.17, 15) is 0 Å². The van der Waals surface area contributed by atoms with E-state index in [-0.39, 0.29) is 0 Å². The van der Waals surface area contributed by atoms with Gasteiger partial charge >= 0.3 is 0 Å².